The Morgan fingerprint density at radius 3 is 2.50 bits per heavy atom. The standard InChI is InChI=1S/C16H13NO2S/c18-16-13(10-12-8-4-5-9-14(12)20)17-15(19-16)11-6-2-1-3-7-11/h1-9,13,20H,10H2. The molecular formula is C16H13NO2S. The molecule has 0 radical (unpaired) electrons. The highest BCUT2D eigenvalue weighted by Gasteiger charge is 2.30. The Bertz CT molecular complexity index is 667. The SMILES string of the molecule is O=C1OC(c2ccccc2)=NC1Cc1ccccc1S. The fraction of sp³-hybridized carbons (Fsp3) is 0.125. The topological polar surface area (TPSA) is 38.7 Å². The average Bonchev–Trinajstić information content (AvgIpc) is 2.84. The first-order valence-electron chi connectivity index (χ1n) is 6.36. The Balaban J connectivity index is 1.83. The van der Waals surface area contributed by atoms with Gasteiger partial charge in [-0.1, -0.05) is 36.4 Å². The molecule has 1 atom stereocenters. The molecule has 1 aliphatic heterocycles. The maximum atomic E-state index is 11.9. The highest BCUT2D eigenvalue weighted by Crippen LogP contribution is 2.20. The van der Waals surface area contributed by atoms with E-state index >= 15 is 0 Å². The fourth-order valence-electron chi connectivity index (χ4n) is 2.12. The van der Waals surface area contributed by atoms with E-state index in [1.54, 1.807) is 0 Å². The number of carbonyl (C=O) groups excluding carboxylic acids is 1. The Hall–Kier alpha value is -2.07. The first kappa shape index (κ1) is 12.9. The van der Waals surface area contributed by atoms with E-state index in [1.807, 2.05) is 54.6 Å². The van der Waals surface area contributed by atoms with E-state index in [-0.39, 0.29) is 5.97 Å². The molecule has 0 saturated carbocycles. The molecule has 0 saturated heterocycles. The van der Waals surface area contributed by atoms with E-state index in [1.165, 1.54) is 0 Å². The number of hydrogen-bond donors (Lipinski definition) is 1. The number of hydrogen-bond acceptors (Lipinski definition) is 4. The van der Waals surface area contributed by atoms with Crippen LogP contribution in [0.2, 0.25) is 0 Å². The lowest BCUT2D eigenvalue weighted by Crippen LogP contribution is -2.18. The van der Waals surface area contributed by atoms with Gasteiger partial charge in [0.15, 0.2) is 6.04 Å². The van der Waals surface area contributed by atoms with Crippen LogP contribution in [-0.2, 0) is 16.0 Å². The molecule has 0 bridgehead atoms. The molecule has 1 aliphatic rings. The summed E-state index contributed by atoms with van der Waals surface area (Å²) >= 11 is 4.39. The van der Waals surface area contributed by atoms with Crippen molar-refractivity contribution in [3.63, 3.8) is 0 Å². The van der Waals surface area contributed by atoms with Crippen molar-refractivity contribution in [1.82, 2.24) is 0 Å². The third-order valence-electron chi connectivity index (χ3n) is 3.17. The van der Waals surface area contributed by atoms with E-state index in [2.05, 4.69) is 17.6 Å². The van der Waals surface area contributed by atoms with Crippen LogP contribution in [0.4, 0.5) is 0 Å². The smallest absolute Gasteiger partial charge is 0.338 e. The number of thiol groups is 1. The predicted molar refractivity (Wildman–Crippen MR) is 80.3 cm³/mol. The largest absolute Gasteiger partial charge is 0.406 e. The van der Waals surface area contributed by atoms with Crippen molar-refractivity contribution in [1.29, 1.82) is 0 Å². The normalized spacial score (nSPS) is 17.8. The lowest BCUT2D eigenvalue weighted by Gasteiger charge is -2.05. The molecule has 20 heavy (non-hydrogen) atoms. The van der Waals surface area contributed by atoms with Crippen LogP contribution in [0, 0.1) is 0 Å². The quantitative estimate of drug-likeness (QED) is 0.695. The minimum Gasteiger partial charge on any atom is -0.406 e. The van der Waals surface area contributed by atoms with Crippen molar-refractivity contribution >= 4 is 24.5 Å². The molecular weight excluding hydrogens is 270 g/mol. The van der Waals surface area contributed by atoms with E-state index in [4.69, 9.17) is 4.74 Å². The second-order valence-corrected chi connectivity index (χ2v) is 5.05. The zero-order valence-electron chi connectivity index (χ0n) is 10.7. The monoisotopic (exact) mass is 283 g/mol. The first-order valence-corrected chi connectivity index (χ1v) is 6.80. The Labute approximate surface area is 122 Å². The lowest BCUT2D eigenvalue weighted by molar-refractivity contribution is -0.134. The maximum absolute atomic E-state index is 11.9. The third kappa shape index (κ3) is 2.60. The van der Waals surface area contributed by atoms with Crippen LogP contribution in [0.25, 0.3) is 0 Å². The minimum absolute atomic E-state index is 0.305. The molecule has 0 spiro atoms. The predicted octanol–water partition coefficient (Wildman–Crippen LogP) is 2.89. The van der Waals surface area contributed by atoms with Crippen molar-refractivity contribution in [3.05, 3.63) is 65.7 Å². The second-order valence-electron chi connectivity index (χ2n) is 4.57. The average molecular weight is 283 g/mol. The number of nitrogens with zero attached hydrogens (tertiary/aromatic N) is 1. The summed E-state index contributed by atoms with van der Waals surface area (Å²) in [5, 5.41) is 0. The minimum atomic E-state index is -0.487. The van der Waals surface area contributed by atoms with Crippen molar-refractivity contribution < 1.29 is 9.53 Å². The molecule has 0 aromatic heterocycles. The summed E-state index contributed by atoms with van der Waals surface area (Å²) in [7, 11) is 0. The molecule has 100 valence electrons. The van der Waals surface area contributed by atoms with Gasteiger partial charge < -0.3 is 4.74 Å². The van der Waals surface area contributed by atoms with Crippen LogP contribution < -0.4 is 0 Å². The molecule has 1 unspecified atom stereocenters. The van der Waals surface area contributed by atoms with Gasteiger partial charge in [0.2, 0.25) is 5.90 Å². The van der Waals surface area contributed by atoms with E-state index in [0.717, 1.165) is 16.0 Å². The number of cyclic esters (lactones) is 1. The number of aliphatic imine (C=N–C) groups is 1. The number of rotatable bonds is 3. The van der Waals surface area contributed by atoms with Gasteiger partial charge in [0, 0.05) is 16.9 Å². The molecule has 2 aromatic rings. The van der Waals surface area contributed by atoms with Gasteiger partial charge in [0.1, 0.15) is 0 Å². The number of ether oxygens (including phenoxy) is 1. The van der Waals surface area contributed by atoms with Crippen molar-refractivity contribution in [2.24, 2.45) is 4.99 Å². The molecule has 0 N–H and O–H groups in total. The molecule has 3 nitrogen and oxygen atoms in total. The highest BCUT2D eigenvalue weighted by atomic mass is 32.1. The van der Waals surface area contributed by atoms with Crippen LogP contribution >= 0.6 is 12.6 Å². The first-order chi connectivity index (χ1) is 9.74. The van der Waals surface area contributed by atoms with Crippen molar-refractivity contribution in [2.75, 3.05) is 0 Å². The van der Waals surface area contributed by atoms with E-state index < -0.39 is 6.04 Å². The number of carbonyl (C=O) groups is 1. The van der Waals surface area contributed by atoms with Crippen LogP contribution in [0.1, 0.15) is 11.1 Å². The maximum Gasteiger partial charge on any atom is 0.338 e. The van der Waals surface area contributed by atoms with Gasteiger partial charge in [0.05, 0.1) is 0 Å². The summed E-state index contributed by atoms with van der Waals surface area (Å²) < 4.78 is 5.26. The molecule has 4 heteroatoms. The second kappa shape index (κ2) is 5.51. The highest BCUT2D eigenvalue weighted by molar-refractivity contribution is 7.80. The van der Waals surface area contributed by atoms with Gasteiger partial charge in [-0.3, -0.25) is 0 Å². The lowest BCUT2D eigenvalue weighted by atomic mass is 10.1. The molecule has 0 amide bonds. The van der Waals surface area contributed by atoms with Crippen molar-refractivity contribution in [3.8, 4) is 0 Å². The summed E-state index contributed by atoms with van der Waals surface area (Å²) in [6, 6.07) is 16.7. The summed E-state index contributed by atoms with van der Waals surface area (Å²) in [4.78, 5) is 17.2. The molecule has 1 heterocycles. The Morgan fingerprint density at radius 1 is 1.05 bits per heavy atom. The summed E-state index contributed by atoms with van der Waals surface area (Å²) in [6.07, 6.45) is 0.509. The van der Waals surface area contributed by atoms with Crippen LogP contribution in [0.3, 0.4) is 0 Å². The van der Waals surface area contributed by atoms with Crippen LogP contribution in [-0.4, -0.2) is 17.9 Å². The number of benzene rings is 2. The molecule has 2 aromatic carbocycles. The zero-order valence-corrected chi connectivity index (χ0v) is 11.6. The van der Waals surface area contributed by atoms with E-state index in [9.17, 15) is 4.79 Å². The summed E-state index contributed by atoms with van der Waals surface area (Å²) in [5.74, 6) is 0.0951. The van der Waals surface area contributed by atoms with Crippen LogP contribution in [0.15, 0.2) is 64.5 Å². The third-order valence-corrected chi connectivity index (χ3v) is 3.60. The molecule has 3 rings (SSSR count). The Kier molecular flexibility index (Phi) is 3.56. The van der Waals surface area contributed by atoms with Gasteiger partial charge >= 0.3 is 5.97 Å². The Morgan fingerprint density at radius 2 is 1.75 bits per heavy atom. The van der Waals surface area contributed by atoms with Gasteiger partial charge in [-0.2, -0.15) is 0 Å². The fourth-order valence-corrected chi connectivity index (χ4v) is 2.37. The summed E-state index contributed by atoms with van der Waals surface area (Å²) in [5.41, 5.74) is 1.82. The van der Waals surface area contributed by atoms with Gasteiger partial charge in [0.25, 0.3) is 0 Å². The number of esters is 1. The van der Waals surface area contributed by atoms with Gasteiger partial charge in [-0.25, -0.2) is 9.79 Å². The van der Waals surface area contributed by atoms with E-state index in [0.29, 0.717) is 12.3 Å². The molecule has 0 fully saturated rings. The molecule has 0 aliphatic carbocycles. The van der Waals surface area contributed by atoms with Gasteiger partial charge in [-0.15, -0.1) is 12.6 Å². The van der Waals surface area contributed by atoms with Crippen molar-refractivity contribution in [2.45, 2.75) is 17.4 Å². The van der Waals surface area contributed by atoms with Gasteiger partial charge in [-0.05, 0) is 23.8 Å². The zero-order chi connectivity index (χ0) is 13.9. The summed E-state index contributed by atoms with van der Waals surface area (Å²) in [6.45, 7) is 0. The van der Waals surface area contributed by atoms with Crippen LogP contribution in [0.5, 0.6) is 0 Å².